The minimum atomic E-state index is -0.480. The van der Waals surface area contributed by atoms with Gasteiger partial charge in [0.05, 0.1) is 4.75 Å². The number of rotatable bonds is 7. The Bertz CT molecular complexity index is 758. The summed E-state index contributed by atoms with van der Waals surface area (Å²) >= 11 is 1.61. The highest BCUT2D eigenvalue weighted by Gasteiger charge is 2.37. The number of carbonyl (C=O) groups is 1. The number of benzene rings is 3. The maximum absolute atomic E-state index is 11.8. The standard InChI is InChI=1S/C24H22OS/c1-2-12-23(19-25)26-24(20-13-6-3-7-14-20,21-15-8-4-9-16-21)22-17-10-5-11-18-22/h3-19H,2H2,1H3. The fraction of sp³-hybridized carbons (Fsp3) is 0.125. The Balaban J connectivity index is 2.31. The second kappa shape index (κ2) is 8.68. The molecule has 0 aliphatic rings. The molecule has 0 heterocycles. The lowest BCUT2D eigenvalue weighted by molar-refractivity contribution is -0.104. The molecule has 0 atom stereocenters. The van der Waals surface area contributed by atoms with Crippen LogP contribution < -0.4 is 0 Å². The number of allylic oxidation sites excluding steroid dienone is 2. The van der Waals surface area contributed by atoms with E-state index in [-0.39, 0.29) is 0 Å². The molecule has 0 saturated heterocycles. The van der Waals surface area contributed by atoms with E-state index in [1.54, 1.807) is 11.8 Å². The summed E-state index contributed by atoms with van der Waals surface area (Å²) < 4.78 is -0.480. The average molecular weight is 359 g/mol. The van der Waals surface area contributed by atoms with Gasteiger partial charge in [-0.25, -0.2) is 0 Å². The molecule has 0 aliphatic carbocycles. The predicted octanol–water partition coefficient (Wildman–Crippen LogP) is 6.20. The van der Waals surface area contributed by atoms with Crippen molar-refractivity contribution in [1.82, 2.24) is 0 Å². The van der Waals surface area contributed by atoms with Gasteiger partial charge in [-0.2, -0.15) is 0 Å². The molecule has 1 nitrogen and oxygen atoms in total. The molecule has 0 unspecified atom stereocenters. The minimum absolute atomic E-state index is 0.480. The summed E-state index contributed by atoms with van der Waals surface area (Å²) in [6.45, 7) is 2.05. The molecule has 3 aromatic rings. The summed E-state index contributed by atoms with van der Waals surface area (Å²) in [5, 5.41) is 0. The maximum Gasteiger partial charge on any atom is 0.156 e. The van der Waals surface area contributed by atoms with E-state index in [0.717, 1.165) is 34.3 Å². The van der Waals surface area contributed by atoms with Gasteiger partial charge in [-0.1, -0.05) is 104 Å². The van der Waals surface area contributed by atoms with Gasteiger partial charge in [-0.3, -0.25) is 4.79 Å². The Labute approximate surface area is 159 Å². The molecule has 0 spiro atoms. The SMILES string of the molecule is CCC=C(C=O)SC(c1ccccc1)(c1ccccc1)c1ccccc1. The Morgan fingerprint density at radius 3 is 1.46 bits per heavy atom. The van der Waals surface area contributed by atoms with Crippen molar-refractivity contribution >= 4 is 18.0 Å². The molecular weight excluding hydrogens is 336 g/mol. The second-order valence-corrected chi connectivity index (χ2v) is 7.30. The smallest absolute Gasteiger partial charge is 0.156 e. The first-order valence-electron chi connectivity index (χ1n) is 8.82. The van der Waals surface area contributed by atoms with Crippen LogP contribution in [0.15, 0.2) is 102 Å². The van der Waals surface area contributed by atoms with E-state index in [9.17, 15) is 4.79 Å². The fourth-order valence-electron chi connectivity index (χ4n) is 3.19. The largest absolute Gasteiger partial charge is 0.297 e. The zero-order valence-corrected chi connectivity index (χ0v) is 15.7. The molecule has 0 bridgehead atoms. The highest BCUT2D eigenvalue weighted by Crippen LogP contribution is 2.50. The summed E-state index contributed by atoms with van der Waals surface area (Å²) in [7, 11) is 0. The summed E-state index contributed by atoms with van der Waals surface area (Å²) in [6, 6.07) is 31.3. The highest BCUT2D eigenvalue weighted by atomic mass is 32.2. The van der Waals surface area contributed by atoms with Gasteiger partial charge in [0.15, 0.2) is 6.29 Å². The van der Waals surface area contributed by atoms with Crippen molar-refractivity contribution in [3.05, 3.63) is 119 Å². The zero-order chi connectivity index (χ0) is 18.2. The van der Waals surface area contributed by atoms with E-state index in [4.69, 9.17) is 0 Å². The predicted molar refractivity (Wildman–Crippen MR) is 111 cm³/mol. The van der Waals surface area contributed by atoms with Crippen LogP contribution in [-0.4, -0.2) is 6.29 Å². The molecule has 0 fully saturated rings. The lowest BCUT2D eigenvalue weighted by Crippen LogP contribution is -2.26. The normalized spacial score (nSPS) is 12.0. The van der Waals surface area contributed by atoms with Crippen LogP contribution in [0.2, 0.25) is 0 Å². The van der Waals surface area contributed by atoms with E-state index < -0.39 is 4.75 Å². The van der Waals surface area contributed by atoms with Gasteiger partial charge in [0, 0.05) is 4.91 Å². The monoisotopic (exact) mass is 358 g/mol. The van der Waals surface area contributed by atoms with Crippen molar-refractivity contribution in [3.63, 3.8) is 0 Å². The van der Waals surface area contributed by atoms with Crippen molar-refractivity contribution in [2.75, 3.05) is 0 Å². The molecule has 3 aromatic carbocycles. The third-order valence-corrected chi connectivity index (χ3v) is 5.85. The number of hydrogen-bond acceptors (Lipinski definition) is 2. The molecule has 2 heteroatoms. The summed E-state index contributed by atoms with van der Waals surface area (Å²) in [4.78, 5) is 12.5. The van der Waals surface area contributed by atoms with Crippen LogP contribution in [0.4, 0.5) is 0 Å². The van der Waals surface area contributed by atoms with Crippen LogP contribution in [0.3, 0.4) is 0 Å². The number of aldehydes is 1. The molecular formula is C24H22OS. The van der Waals surface area contributed by atoms with Gasteiger partial charge in [0.2, 0.25) is 0 Å². The third-order valence-electron chi connectivity index (χ3n) is 4.33. The van der Waals surface area contributed by atoms with E-state index in [1.165, 1.54) is 0 Å². The molecule has 0 N–H and O–H groups in total. The van der Waals surface area contributed by atoms with Crippen LogP contribution >= 0.6 is 11.8 Å². The average Bonchev–Trinajstić information content (AvgIpc) is 2.73. The van der Waals surface area contributed by atoms with Gasteiger partial charge >= 0.3 is 0 Å². The van der Waals surface area contributed by atoms with E-state index >= 15 is 0 Å². The van der Waals surface area contributed by atoms with Crippen molar-refractivity contribution in [2.24, 2.45) is 0 Å². The zero-order valence-electron chi connectivity index (χ0n) is 14.8. The first-order valence-corrected chi connectivity index (χ1v) is 9.64. The first kappa shape index (κ1) is 18.2. The lowest BCUT2D eigenvalue weighted by Gasteiger charge is -2.35. The number of hydrogen-bond donors (Lipinski definition) is 0. The molecule has 0 radical (unpaired) electrons. The summed E-state index contributed by atoms with van der Waals surface area (Å²) in [5.41, 5.74) is 3.48. The highest BCUT2D eigenvalue weighted by molar-refractivity contribution is 8.05. The second-order valence-electron chi connectivity index (χ2n) is 6.01. The third kappa shape index (κ3) is 3.66. The van der Waals surface area contributed by atoms with E-state index in [0.29, 0.717) is 0 Å². The van der Waals surface area contributed by atoms with Gasteiger partial charge < -0.3 is 0 Å². The van der Waals surface area contributed by atoms with Gasteiger partial charge in [-0.15, -0.1) is 11.8 Å². The molecule has 3 rings (SSSR count). The van der Waals surface area contributed by atoms with Crippen molar-refractivity contribution < 1.29 is 4.79 Å². The quantitative estimate of drug-likeness (QED) is 0.284. The maximum atomic E-state index is 11.8. The Kier molecular flexibility index (Phi) is 6.08. The minimum Gasteiger partial charge on any atom is -0.297 e. The Morgan fingerprint density at radius 1 is 0.769 bits per heavy atom. The molecule has 130 valence electrons. The number of carbonyl (C=O) groups excluding carboxylic acids is 1. The molecule has 26 heavy (non-hydrogen) atoms. The Morgan fingerprint density at radius 2 is 1.15 bits per heavy atom. The first-order chi connectivity index (χ1) is 12.8. The van der Waals surface area contributed by atoms with Crippen LogP contribution in [0.25, 0.3) is 0 Å². The lowest BCUT2D eigenvalue weighted by atomic mass is 9.84. The molecule has 0 amide bonds. The van der Waals surface area contributed by atoms with Crippen molar-refractivity contribution in [2.45, 2.75) is 18.1 Å². The van der Waals surface area contributed by atoms with Crippen LogP contribution in [0.5, 0.6) is 0 Å². The van der Waals surface area contributed by atoms with Crippen molar-refractivity contribution in [3.8, 4) is 0 Å². The molecule has 0 aliphatic heterocycles. The van der Waals surface area contributed by atoms with Crippen LogP contribution in [0, 0.1) is 0 Å². The van der Waals surface area contributed by atoms with Gasteiger partial charge in [-0.05, 0) is 23.1 Å². The molecule has 0 saturated carbocycles. The van der Waals surface area contributed by atoms with Gasteiger partial charge in [0.25, 0.3) is 0 Å². The summed E-state index contributed by atoms with van der Waals surface area (Å²) in [5.74, 6) is 0. The summed E-state index contributed by atoms with van der Waals surface area (Å²) in [6.07, 6.45) is 3.80. The van der Waals surface area contributed by atoms with Crippen LogP contribution in [0.1, 0.15) is 30.0 Å². The topological polar surface area (TPSA) is 17.1 Å². The number of thioether (sulfide) groups is 1. The Hall–Kier alpha value is -2.58. The van der Waals surface area contributed by atoms with E-state index in [2.05, 4.69) is 79.7 Å². The fourth-order valence-corrected chi connectivity index (χ4v) is 4.60. The van der Waals surface area contributed by atoms with Crippen molar-refractivity contribution in [1.29, 1.82) is 0 Å². The van der Waals surface area contributed by atoms with Gasteiger partial charge in [0.1, 0.15) is 0 Å². The van der Waals surface area contributed by atoms with E-state index in [1.807, 2.05) is 24.3 Å². The molecule has 0 aromatic heterocycles. The van der Waals surface area contributed by atoms with Crippen LogP contribution in [-0.2, 0) is 9.54 Å².